The highest BCUT2D eigenvalue weighted by Crippen LogP contribution is 2.30. The van der Waals surface area contributed by atoms with Crippen LogP contribution in [0.3, 0.4) is 0 Å². The van der Waals surface area contributed by atoms with Crippen LogP contribution in [0.2, 0.25) is 0 Å². The van der Waals surface area contributed by atoms with Gasteiger partial charge in [0.25, 0.3) is 0 Å². The van der Waals surface area contributed by atoms with Gasteiger partial charge in [-0.25, -0.2) is 4.39 Å². The van der Waals surface area contributed by atoms with Gasteiger partial charge in [0.1, 0.15) is 5.82 Å². The molecule has 2 nitrogen and oxygen atoms in total. The second-order valence-electron chi connectivity index (χ2n) is 6.83. The predicted molar refractivity (Wildman–Crippen MR) is 87.5 cm³/mol. The first-order valence-corrected chi connectivity index (χ1v) is 7.84. The molecule has 118 valence electrons. The lowest BCUT2D eigenvalue weighted by molar-refractivity contribution is 0.164. The third kappa shape index (κ3) is 4.18. The van der Waals surface area contributed by atoms with Crippen molar-refractivity contribution in [2.45, 2.75) is 38.6 Å². The summed E-state index contributed by atoms with van der Waals surface area (Å²) in [5.41, 5.74) is 1.70. The maximum atomic E-state index is 13.0. The average Bonchev–Trinajstić information content (AvgIpc) is 3.03. The summed E-state index contributed by atoms with van der Waals surface area (Å²) in [5, 5.41) is 3.49. The van der Waals surface area contributed by atoms with E-state index in [2.05, 4.69) is 17.1 Å². The van der Waals surface area contributed by atoms with E-state index in [0.29, 0.717) is 11.5 Å². The molecule has 0 amide bonds. The molecule has 0 spiro atoms. The molecule has 2 saturated heterocycles. The fraction of sp³-hybridized carbons (Fsp3) is 0.647. The van der Waals surface area contributed by atoms with E-state index in [1.54, 1.807) is 12.1 Å². The lowest BCUT2D eigenvalue weighted by Crippen LogP contribution is -2.41. The van der Waals surface area contributed by atoms with Gasteiger partial charge in [-0.1, -0.05) is 19.1 Å². The molecule has 1 N–H and O–H groups in total. The minimum atomic E-state index is -0.137. The number of benzene rings is 1. The molecule has 3 rings (SSSR count). The number of nitrogens with one attached hydrogen (secondary N) is 1. The van der Waals surface area contributed by atoms with Crippen molar-refractivity contribution >= 4 is 12.4 Å². The topological polar surface area (TPSA) is 15.3 Å². The van der Waals surface area contributed by atoms with Crippen molar-refractivity contribution in [2.24, 2.45) is 5.41 Å². The zero-order chi connectivity index (χ0) is 14.0. The van der Waals surface area contributed by atoms with Gasteiger partial charge in [-0.05, 0) is 61.9 Å². The van der Waals surface area contributed by atoms with Crippen LogP contribution in [0.5, 0.6) is 0 Å². The van der Waals surface area contributed by atoms with E-state index < -0.39 is 0 Å². The van der Waals surface area contributed by atoms with Crippen LogP contribution in [0.4, 0.5) is 4.39 Å². The second-order valence-corrected chi connectivity index (χ2v) is 6.83. The summed E-state index contributed by atoms with van der Waals surface area (Å²) in [7, 11) is 0. The molecule has 2 unspecified atom stereocenters. The van der Waals surface area contributed by atoms with Crippen molar-refractivity contribution < 1.29 is 4.39 Å². The first kappa shape index (κ1) is 16.7. The van der Waals surface area contributed by atoms with E-state index in [0.717, 1.165) is 19.5 Å². The summed E-state index contributed by atoms with van der Waals surface area (Å²) < 4.78 is 13.0. The van der Waals surface area contributed by atoms with Gasteiger partial charge < -0.3 is 5.32 Å². The molecule has 0 aromatic heterocycles. The first-order chi connectivity index (χ1) is 9.65. The van der Waals surface area contributed by atoms with Gasteiger partial charge in [0.05, 0.1) is 0 Å². The summed E-state index contributed by atoms with van der Waals surface area (Å²) in [6.07, 6.45) is 4.92. The smallest absolute Gasteiger partial charge is 0.123 e. The van der Waals surface area contributed by atoms with E-state index in [1.807, 2.05) is 12.1 Å². The van der Waals surface area contributed by atoms with Crippen LogP contribution in [0.15, 0.2) is 24.3 Å². The van der Waals surface area contributed by atoms with Gasteiger partial charge in [0.2, 0.25) is 0 Å². The van der Waals surface area contributed by atoms with E-state index in [-0.39, 0.29) is 18.2 Å². The van der Waals surface area contributed by atoms with Gasteiger partial charge in [0.15, 0.2) is 0 Å². The molecular weight excluding hydrogens is 287 g/mol. The summed E-state index contributed by atoms with van der Waals surface area (Å²) in [6, 6.07) is 7.67. The molecule has 0 bridgehead atoms. The third-order valence-electron chi connectivity index (χ3n) is 4.93. The minimum absolute atomic E-state index is 0. The molecule has 21 heavy (non-hydrogen) atoms. The van der Waals surface area contributed by atoms with Crippen LogP contribution in [-0.2, 0) is 6.42 Å². The number of rotatable bonds is 4. The largest absolute Gasteiger partial charge is 0.316 e. The summed E-state index contributed by atoms with van der Waals surface area (Å²) in [5.74, 6) is -0.137. The Balaban J connectivity index is 0.00000161. The lowest BCUT2D eigenvalue weighted by Gasteiger charge is -2.33. The molecule has 2 heterocycles. The number of likely N-dealkylation sites (tertiary alicyclic amines) is 1. The highest BCUT2D eigenvalue weighted by molar-refractivity contribution is 5.85. The van der Waals surface area contributed by atoms with Crippen molar-refractivity contribution in [3.05, 3.63) is 35.6 Å². The Labute approximate surface area is 133 Å². The molecule has 1 aromatic rings. The fourth-order valence-electron chi connectivity index (χ4n) is 3.72. The molecule has 0 saturated carbocycles. The minimum Gasteiger partial charge on any atom is -0.316 e. The van der Waals surface area contributed by atoms with Gasteiger partial charge >= 0.3 is 0 Å². The van der Waals surface area contributed by atoms with Crippen LogP contribution in [-0.4, -0.2) is 37.1 Å². The maximum absolute atomic E-state index is 13.0. The van der Waals surface area contributed by atoms with Gasteiger partial charge in [-0.2, -0.15) is 0 Å². The van der Waals surface area contributed by atoms with Crippen LogP contribution < -0.4 is 5.32 Å². The molecule has 0 aliphatic carbocycles. The van der Waals surface area contributed by atoms with Crippen molar-refractivity contribution in [3.8, 4) is 0 Å². The normalized spacial score (nSPS) is 29.5. The number of hydrogen-bond acceptors (Lipinski definition) is 2. The molecule has 4 heteroatoms. The Morgan fingerprint density at radius 3 is 2.76 bits per heavy atom. The van der Waals surface area contributed by atoms with Crippen LogP contribution in [0.1, 0.15) is 31.7 Å². The summed E-state index contributed by atoms with van der Waals surface area (Å²) in [4.78, 5) is 2.66. The molecule has 2 aliphatic heterocycles. The van der Waals surface area contributed by atoms with Crippen LogP contribution in [0, 0.1) is 11.2 Å². The number of hydrogen-bond donors (Lipinski definition) is 1. The highest BCUT2D eigenvalue weighted by atomic mass is 35.5. The highest BCUT2D eigenvalue weighted by Gasteiger charge is 2.34. The van der Waals surface area contributed by atoms with Gasteiger partial charge in [-0.3, -0.25) is 4.90 Å². The van der Waals surface area contributed by atoms with Crippen LogP contribution >= 0.6 is 12.4 Å². The molecule has 0 radical (unpaired) electrons. The molecule has 2 fully saturated rings. The number of nitrogens with zero attached hydrogens (tertiary/aromatic N) is 1. The first-order valence-electron chi connectivity index (χ1n) is 7.84. The summed E-state index contributed by atoms with van der Waals surface area (Å²) >= 11 is 0. The van der Waals surface area contributed by atoms with Crippen molar-refractivity contribution in [2.75, 3.05) is 26.2 Å². The third-order valence-corrected chi connectivity index (χ3v) is 4.93. The Morgan fingerprint density at radius 2 is 2.10 bits per heavy atom. The Kier molecular flexibility index (Phi) is 5.64. The Morgan fingerprint density at radius 1 is 1.33 bits per heavy atom. The zero-order valence-electron chi connectivity index (χ0n) is 12.8. The lowest BCUT2D eigenvalue weighted by atomic mass is 9.88. The molecule has 1 aromatic carbocycles. The van der Waals surface area contributed by atoms with Crippen molar-refractivity contribution in [1.29, 1.82) is 0 Å². The van der Waals surface area contributed by atoms with Gasteiger partial charge in [-0.15, -0.1) is 12.4 Å². The number of halogens is 2. The fourth-order valence-corrected chi connectivity index (χ4v) is 3.72. The Bertz CT molecular complexity index is 443. The second kappa shape index (κ2) is 7.08. The molecule has 2 atom stereocenters. The average molecular weight is 313 g/mol. The van der Waals surface area contributed by atoms with E-state index >= 15 is 0 Å². The zero-order valence-corrected chi connectivity index (χ0v) is 13.6. The van der Waals surface area contributed by atoms with Crippen LogP contribution in [0.25, 0.3) is 0 Å². The molecule has 2 aliphatic rings. The van der Waals surface area contributed by atoms with Crippen molar-refractivity contribution in [1.82, 2.24) is 10.2 Å². The predicted octanol–water partition coefficient (Wildman–Crippen LogP) is 3.25. The SMILES string of the molecule is CC1(CN2CCCC2Cc2ccc(F)cc2)CCNC1.Cl. The van der Waals surface area contributed by atoms with E-state index in [9.17, 15) is 4.39 Å². The summed E-state index contributed by atoms with van der Waals surface area (Å²) in [6.45, 7) is 7.13. The Hall–Kier alpha value is -0.640. The quantitative estimate of drug-likeness (QED) is 0.918. The monoisotopic (exact) mass is 312 g/mol. The van der Waals surface area contributed by atoms with E-state index in [1.165, 1.54) is 37.9 Å². The molecular formula is C17H26ClFN2. The van der Waals surface area contributed by atoms with E-state index in [4.69, 9.17) is 0 Å². The maximum Gasteiger partial charge on any atom is 0.123 e. The van der Waals surface area contributed by atoms with Crippen molar-refractivity contribution in [3.63, 3.8) is 0 Å². The van der Waals surface area contributed by atoms with Gasteiger partial charge in [0, 0.05) is 19.1 Å². The standard InChI is InChI=1S/C17H25FN2.ClH/c1-17(8-9-19-12-17)13-20-10-2-3-16(20)11-14-4-6-15(18)7-5-14;/h4-7,16,19H,2-3,8-13H2,1H3;1H.